The Labute approximate surface area is 106 Å². The van der Waals surface area contributed by atoms with E-state index in [9.17, 15) is 4.79 Å². The fourth-order valence-corrected chi connectivity index (χ4v) is 3.83. The Hall–Kier alpha value is -0.870. The molecule has 3 rings (SSSR count). The van der Waals surface area contributed by atoms with E-state index in [1.165, 1.54) is 4.88 Å². The molecule has 2 saturated heterocycles. The summed E-state index contributed by atoms with van der Waals surface area (Å²) in [4.78, 5) is 16.7. The Morgan fingerprint density at radius 1 is 1.53 bits per heavy atom. The zero-order valence-corrected chi connectivity index (χ0v) is 10.9. The zero-order chi connectivity index (χ0) is 11.8. The van der Waals surface area contributed by atoms with Gasteiger partial charge in [-0.3, -0.25) is 4.79 Å². The Kier molecular flexibility index (Phi) is 2.92. The van der Waals surface area contributed by atoms with Crippen LogP contribution in [0.1, 0.15) is 27.9 Å². The van der Waals surface area contributed by atoms with Crippen molar-refractivity contribution >= 4 is 17.2 Å². The van der Waals surface area contributed by atoms with E-state index in [1.54, 1.807) is 11.3 Å². The maximum absolute atomic E-state index is 12.4. The van der Waals surface area contributed by atoms with Gasteiger partial charge in [-0.2, -0.15) is 0 Å². The molecule has 2 fully saturated rings. The van der Waals surface area contributed by atoms with Crippen molar-refractivity contribution in [3.05, 3.63) is 21.9 Å². The first kappa shape index (κ1) is 11.2. The highest BCUT2D eigenvalue weighted by Crippen LogP contribution is 2.30. The van der Waals surface area contributed by atoms with E-state index in [0.717, 1.165) is 37.4 Å². The summed E-state index contributed by atoms with van der Waals surface area (Å²) in [5.74, 6) is 0.926. The number of fused-ring (bicyclic) bond motifs is 1. The molecule has 0 unspecified atom stereocenters. The average Bonchev–Trinajstić information content (AvgIpc) is 3.04. The first-order valence-corrected chi connectivity index (χ1v) is 7.21. The van der Waals surface area contributed by atoms with Crippen molar-refractivity contribution in [3.8, 4) is 0 Å². The van der Waals surface area contributed by atoms with Gasteiger partial charge in [0.25, 0.3) is 5.91 Å². The largest absolute Gasteiger partial charge is 0.333 e. The summed E-state index contributed by atoms with van der Waals surface area (Å²) in [5, 5.41) is 3.39. The van der Waals surface area contributed by atoms with Gasteiger partial charge in [-0.1, -0.05) is 6.92 Å². The summed E-state index contributed by atoms with van der Waals surface area (Å²) in [7, 11) is 0. The number of rotatable bonds is 2. The molecule has 92 valence electrons. The second kappa shape index (κ2) is 4.42. The number of thiophene rings is 1. The number of carbonyl (C=O) groups is 1. The fraction of sp³-hybridized carbons (Fsp3) is 0.615. The minimum absolute atomic E-state index is 0.242. The van der Waals surface area contributed by atoms with E-state index >= 15 is 0 Å². The van der Waals surface area contributed by atoms with E-state index in [4.69, 9.17) is 0 Å². The molecule has 2 aliphatic heterocycles. The standard InChI is InChI=1S/C13H18N2OS/c1-2-10-3-4-12(17-10)13(16)15-6-5-9-7-14-8-11(9)15/h3-4,9,11,14H,2,5-8H2,1H3/t9-,11+/m1/s1. The molecule has 1 aromatic heterocycles. The predicted octanol–water partition coefficient (Wildman–Crippen LogP) is 1.74. The topological polar surface area (TPSA) is 32.3 Å². The Morgan fingerprint density at radius 2 is 2.41 bits per heavy atom. The number of likely N-dealkylation sites (tertiary alicyclic amines) is 1. The van der Waals surface area contributed by atoms with Crippen LogP contribution >= 0.6 is 11.3 Å². The van der Waals surface area contributed by atoms with Crippen LogP contribution in [-0.2, 0) is 6.42 Å². The van der Waals surface area contributed by atoms with Gasteiger partial charge in [0.1, 0.15) is 0 Å². The number of nitrogens with one attached hydrogen (secondary N) is 1. The second-order valence-electron chi connectivity index (χ2n) is 4.89. The lowest BCUT2D eigenvalue weighted by molar-refractivity contribution is 0.0742. The third-order valence-corrected chi connectivity index (χ3v) is 5.14. The lowest BCUT2D eigenvalue weighted by Gasteiger charge is -2.22. The maximum Gasteiger partial charge on any atom is 0.264 e. The van der Waals surface area contributed by atoms with Crippen molar-refractivity contribution in [2.75, 3.05) is 19.6 Å². The summed E-state index contributed by atoms with van der Waals surface area (Å²) >= 11 is 1.65. The SMILES string of the molecule is CCc1ccc(C(=O)N2CC[C@@H]3CNC[C@@H]32)s1. The summed E-state index contributed by atoms with van der Waals surface area (Å²) in [6.45, 7) is 5.13. The quantitative estimate of drug-likeness (QED) is 0.867. The molecule has 1 aromatic rings. The molecule has 4 heteroatoms. The van der Waals surface area contributed by atoms with E-state index < -0.39 is 0 Å². The molecule has 2 atom stereocenters. The molecule has 3 heterocycles. The van der Waals surface area contributed by atoms with Crippen LogP contribution in [0.5, 0.6) is 0 Å². The first-order chi connectivity index (χ1) is 8.29. The van der Waals surface area contributed by atoms with Crippen LogP contribution in [0.4, 0.5) is 0 Å². The number of aryl methyl sites for hydroxylation is 1. The third-order valence-electron chi connectivity index (χ3n) is 3.93. The van der Waals surface area contributed by atoms with Gasteiger partial charge in [0.15, 0.2) is 0 Å². The monoisotopic (exact) mass is 250 g/mol. The van der Waals surface area contributed by atoms with Gasteiger partial charge in [0.05, 0.1) is 4.88 Å². The highest BCUT2D eigenvalue weighted by molar-refractivity contribution is 7.14. The highest BCUT2D eigenvalue weighted by Gasteiger charge is 2.40. The molecule has 1 N–H and O–H groups in total. The molecule has 17 heavy (non-hydrogen) atoms. The molecule has 3 nitrogen and oxygen atoms in total. The van der Waals surface area contributed by atoms with Gasteiger partial charge in [0.2, 0.25) is 0 Å². The number of carbonyl (C=O) groups excluding carboxylic acids is 1. The molecule has 0 bridgehead atoms. The summed E-state index contributed by atoms with van der Waals surface area (Å²) in [6, 6.07) is 4.51. The smallest absolute Gasteiger partial charge is 0.264 e. The summed E-state index contributed by atoms with van der Waals surface area (Å²) in [6.07, 6.45) is 2.18. The van der Waals surface area contributed by atoms with Crippen molar-refractivity contribution in [1.29, 1.82) is 0 Å². The Morgan fingerprint density at radius 3 is 3.18 bits per heavy atom. The van der Waals surface area contributed by atoms with Crippen LogP contribution in [0.25, 0.3) is 0 Å². The maximum atomic E-state index is 12.4. The van der Waals surface area contributed by atoms with Crippen LogP contribution in [-0.4, -0.2) is 36.5 Å². The van der Waals surface area contributed by atoms with Gasteiger partial charge < -0.3 is 10.2 Å². The number of hydrogen-bond donors (Lipinski definition) is 1. The lowest BCUT2D eigenvalue weighted by Crippen LogP contribution is -2.38. The molecule has 1 amide bonds. The van der Waals surface area contributed by atoms with Gasteiger partial charge >= 0.3 is 0 Å². The van der Waals surface area contributed by atoms with E-state index in [0.29, 0.717) is 12.0 Å². The normalized spacial score (nSPS) is 27.5. The molecular formula is C13H18N2OS. The first-order valence-electron chi connectivity index (χ1n) is 6.40. The third kappa shape index (κ3) is 1.89. The summed E-state index contributed by atoms with van der Waals surface area (Å²) in [5.41, 5.74) is 0. The minimum atomic E-state index is 0.242. The van der Waals surface area contributed by atoms with Gasteiger partial charge in [-0.05, 0) is 30.9 Å². The molecule has 0 saturated carbocycles. The van der Waals surface area contributed by atoms with E-state index in [2.05, 4.69) is 23.2 Å². The van der Waals surface area contributed by atoms with Crippen LogP contribution < -0.4 is 5.32 Å². The lowest BCUT2D eigenvalue weighted by atomic mass is 10.1. The molecular weight excluding hydrogens is 232 g/mol. The second-order valence-corrected chi connectivity index (χ2v) is 6.06. The Bertz CT molecular complexity index is 429. The van der Waals surface area contributed by atoms with Crippen LogP contribution in [0.15, 0.2) is 12.1 Å². The number of nitrogens with zero attached hydrogens (tertiary/aromatic N) is 1. The van der Waals surface area contributed by atoms with Crippen molar-refractivity contribution in [3.63, 3.8) is 0 Å². The van der Waals surface area contributed by atoms with Crippen molar-refractivity contribution < 1.29 is 4.79 Å². The minimum Gasteiger partial charge on any atom is -0.333 e. The number of amides is 1. The predicted molar refractivity (Wildman–Crippen MR) is 69.5 cm³/mol. The van der Waals surface area contributed by atoms with Gasteiger partial charge in [0, 0.05) is 30.6 Å². The van der Waals surface area contributed by atoms with Crippen LogP contribution in [0.3, 0.4) is 0 Å². The number of hydrogen-bond acceptors (Lipinski definition) is 3. The van der Waals surface area contributed by atoms with Crippen molar-refractivity contribution in [2.45, 2.75) is 25.8 Å². The molecule has 2 aliphatic rings. The van der Waals surface area contributed by atoms with Crippen molar-refractivity contribution in [2.24, 2.45) is 5.92 Å². The van der Waals surface area contributed by atoms with Gasteiger partial charge in [-0.25, -0.2) is 0 Å². The van der Waals surface area contributed by atoms with Crippen LogP contribution in [0, 0.1) is 5.92 Å². The molecule has 0 spiro atoms. The molecule has 0 aliphatic carbocycles. The average molecular weight is 250 g/mol. The van der Waals surface area contributed by atoms with E-state index in [1.807, 2.05) is 6.07 Å². The zero-order valence-electron chi connectivity index (χ0n) is 10.1. The van der Waals surface area contributed by atoms with Crippen molar-refractivity contribution in [1.82, 2.24) is 10.2 Å². The highest BCUT2D eigenvalue weighted by atomic mass is 32.1. The molecule has 0 aromatic carbocycles. The van der Waals surface area contributed by atoms with Crippen LogP contribution in [0.2, 0.25) is 0 Å². The van der Waals surface area contributed by atoms with Gasteiger partial charge in [-0.15, -0.1) is 11.3 Å². The summed E-state index contributed by atoms with van der Waals surface area (Å²) < 4.78 is 0. The van der Waals surface area contributed by atoms with E-state index in [-0.39, 0.29) is 5.91 Å². The molecule has 0 radical (unpaired) electrons. The Balaban J connectivity index is 1.77. The fourth-order valence-electron chi connectivity index (χ4n) is 2.93.